The fourth-order valence-electron chi connectivity index (χ4n) is 2.34. The van der Waals surface area contributed by atoms with Crippen LogP contribution in [-0.4, -0.2) is 42.9 Å². The smallest absolute Gasteiger partial charge is 0.133 e. The van der Waals surface area contributed by atoms with Crippen molar-refractivity contribution in [2.24, 2.45) is 5.92 Å². The number of hydrogen-bond acceptors (Lipinski definition) is 5. The van der Waals surface area contributed by atoms with Gasteiger partial charge >= 0.3 is 0 Å². The van der Waals surface area contributed by atoms with Crippen LogP contribution >= 0.6 is 11.8 Å². The van der Waals surface area contributed by atoms with Crippen LogP contribution in [0.25, 0.3) is 0 Å². The van der Waals surface area contributed by atoms with Crippen molar-refractivity contribution in [1.29, 1.82) is 0 Å². The molecular weight excluding hydrogens is 232 g/mol. The number of nitrogens with one attached hydrogen (secondary N) is 1. The van der Waals surface area contributed by atoms with Gasteiger partial charge in [0.05, 0.1) is 0 Å². The largest absolute Gasteiger partial charge is 0.356 e. The van der Waals surface area contributed by atoms with Gasteiger partial charge in [-0.1, -0.05) is 0 Å². The van der Waals surface area contributed by atoms with E-state index < -0.39 is 0 Å². The zero-order valence-electron chi connectivity index (χ0n) is 10.5. The van der Waals surface area contributed by atoms with E-state index in [0.29, 0.717) is 0 Å². The quantitative estimate of drug-likeness (QED) is 0.651. The van der Waals surface area contributed by atoms with Crippen LogP contribution < -0.4 is 10.2 Å². The highest BCUT2D eigenvalue weighted by Gasteiger charge is 2.20. The Morgan fingerprint density at radius 2 is 2.41 bits per heavy atom. The first-order valence-electron chi connectivity index (χ1n) is 6.09. The molecule has 1 aliphatic heterocycles. The van der Waals surface area contributed by atoms with Crippen molar-refractivity contribution >= 4 is 17.6 Å². The minimum absolute atomic E-state index is 0.737. The minimum atomic E-state index is 0.737. The number of thioether (sulfide) groups is 1. The van der Waals surface area contributed by atoms with Gasteiger partial charge in [-0.3, -0.25) is 0 Å². The second-order valence-corrected chi connectivity index (χ2v) is 5.26. The molecule has 2 heterocycles. The molecule has 0 amide bonds. The van der Waals surface area contributed by atoms with Crippen LogP contribution in [0.3, 0.4) is 0 Å². The van der Waals surface area contributed by atoms with E-state index in [9.17, 15) is 0 Å². The SMILES string of the molecule is CNCC1CCCN(c2cc(SC)ncn2)C1. The van der Waals surface area contributed by atoms with Gasteiger partial charge < -0.3 is 10.2 Å². The summed E-state index contributed by atoms with van der Waals surface area (Å²) in [5.41, 5.74) is 0. The molecule has 0 aromatic carbocycles. The normalized spacial score (nSPS) is 20.6. The van der Waals surface area contributed by atoms with Gasteiger partial charge in [-0.05, 0) is 38.6 Å². The van der Waals surface area contributed by atoms with Crippen molar-refractivity contribution in [2.45, 2.75) is 17.9 Å². The zero-order chi connectivity index (χ0) is 12.1. The summed E-state index contributed by atoms with van der Waals surface area (Å²) in [7, 11) is 2.02. The van der Waals surface area contributed by atoms with Gasteiger partial charge in [0.15, 0.2) is 0 Å². The first-order chi connectivity index (χ1) is 8.33. The van der Waals surface area contributed by atoms with Crippen LogP contribution in [0.15, 0.2) is 17.4 Å². The van der Waals surface area contributed by atoms with E-state index in [4.69, 9.17) is 0 Å². The van der Waals surface area contributed by atoms with Gasteiger partial charge in [-0.2, -0.15) is 0 Å². The molecule has 1 N–H and O–H groups in total. The summed E-state index contributed by atoms with van der Waals surface area (Å²) >= 11 is 1.67. The standard InChI is InChI=1S/C12H20N4S/c1-13-7-10-4-3-5-16(8-10)11-6-12(17-2)15-9-14-11/h6,9-10,13H,3-5,7-8H2,1-2H3. The van der Waals surface area contributed by atoms with Crippen LogP contribution in [0.4, 0.5) is 5.82 Å². The number of anilines is 1. The molecule has 2 rings (SSSR count). The Morgan fingerprint density at radius 1 is 1.53 bits per heavy atom. The van der Waals surface area contributed by atoms with E-state index in [0.717, 1.165) is 36.4 Å². The van der Waals surface area contributed by atoms with E-state index in [1.54, 1.807) is 18.1 Å². The molecule has 0 spiro atoms. The molecular formula is C12H20N4S. The predicted octanol–water partition coefficient (Wildman–Crippen LogP) is 1.63. The number of piperidine rings is 1. The molecule has 1 atom stereocenters. The summed E-state index contributed by atoms with van der Waals surface area (Å²) in [5, 5.41) is 4.32. The number of nitrogens with zero attached hydrogens (tertiary/aromatic N) is 3. The highest BCUT2D eigenvalue weighted by Crippen LogP contribution is 2.23. The highest BCUT2D eigenvalue weighted by molar-refractivity contribution is 7.98. The van der Waals surface area contributed by atoms with Crippen LogP contribution in [0, 0.1) is 5.92 Å². The lowest BCUT2D eigenvalue weighted by Gasteiger charge is -2.33. The van der Waals surface area contributed by atoms with Crippen molar-refractivity contribution in [3.8, 4) is 0 Å². The first kappa shape index (κ1) is 12.6. The van der Waals surface area contributed by atoms with Crippen molar-refractivity contribution in [3.63, 3.8) is 0 Å². The molecule has 0 bridgehead atoms. The molecule has 1 unspecified atom stereocenters. The highest BCUT2D eigenvalue weighted by atomic mass is 32.2. The molecule has 1 fully saturated rings. The van der Waals surface area contributed by atoms with E-state index in [1.807, 2.05) is 13.3 Å². The van der Waals surface area contributed by atoms with Gasteiger partial charge in [0, 0.05) is 19.2 Å². The maximum absolute atomic E-state index is 4.39. The molecule has 1 aliphatic rings. The van der Waals surface area contributed by atoms with E-state index >= 15 is 0 Å². The Hall–Kier alpha value is -0.810. The lowest BCUT2D eigenvalue weighted by Crippen LogP contribution is -2.39. The summed E-state index contributed by atoms with van der Waals surface area (Å²) in [6.45, 7) is 3.31. The van der Waals surface area contributed by atoms with Crippen LogP contribution in [-0.2, 0) is 0 Å². The van der Waals surface area contributed by atoms with Crippen molar-refractivity contribution < 1.29 is 0 Å². The molecule has 5 heteroatoms. The van der Waals surface area contributed by atoms with Gasteiger partial charge in [-0.25, -0.2) is 9.97 Å². The maximum Gasteiger partial charge on any atom is 0.133 e. The summed E-state index contributed by atoms with van der Waals surface area (Å²) < 4.78 is 0. The third kappa shape index (κ3) is 3.33. The monoisotopic (exact) mass is 252 g/mol. The molecule has 0 aliphatic carbocycles. The molecule has 1 aromatic heterocycles. The predicted molar refractivity (Wildman–Crippen MR) is 72.7 cm³/mol. The van der Waals surface area contributed by atoms with E-state index in [2.05, 4.69) is 26.3 Å². The number of rotatable bonds is 4. The Bertz CT molecular complexity index is 356. The molecule has 17 heavy (non-hydrogen) atoms. The summed E-state index contributed by atoms with van der Waals surface area (Å²) in [6, 6.07) is 2.09. The van der Waals surface area contributed by atoms with Crippen molar-refractivity contribution in [3.05, 3.63) is 12.4 Å². The Kier molecular flexibility index (Phi) is 4.62. The molecule has 4 nitrogen and oxygen atoms in total. The molecule has 94 valence electrons. The van der Waals surface area contributed by atoms with Crippen molar-refractivity contribution in [2.75, 3.05) is 37.8 Å². The first-order valence-corrected chi connectivity index (χ1v) is 7.31. The number of hydrogen-bond donors (Lipinski definition) is 1. The lowest BCUT2D eigenvalue weighted by atomic mass is 9.98. The van der Waals surface area contributed by atoms with Gasteiger partial charge in [0.2, 0.25) is 0 Å². The second kappa shape index (κ2) is 6.21. The Balaban J connectivity index is 2.05. The maximum atomic E-state index is 4.39. The average Bonchev–Trinajstić information content (AvgIpc) is 2.40. The van der Waals surface area contributed by atoms with Crippen LogP contribution in [0.2, 0.25) is 0 Å². The van der Waals surface area contributed by atoms with E-state index in [1.165, 1.54) is 12.8 Å². The topological polar surface area (TPSA) is 41.0 Å². The minimum Gasteiger partial charge on any atom is -0.356 e. The van der Waals surface area contributed by atoms with Gasteiger partial charge in [0.25, 0.3) is 0 Å². The van der Waals surface area contributed by atoms with Gasteiger partial charge in [-0.15, -0.1) is 11.8 Å². The van der Waals surface area contributed by atoms with Crippen LogP contribution in [0.1, 0.15) is 12.8 Å². The van der Waals surface area contributed by atoms with Crippen molar-refractivity contribution in [1.82, 2.24) is 15.3 Å². The third-order valence-electron chi connectivity index (χ3n) is 3.17. The van der Waals surface area contributed by atoms with E-state index in [-0.39, 0.29) is 0 Å². The Morgan fingerprint density at radius 3 is 3.18 bits per heavy atom. The number of aromatic nitrogens is 2. The third-order valence-corrected chi connectivity index (χ3v) is 3.81. The lowest BCUT2D eigenvalue weighted by molar-refractivity contribution is 0.401. The fourth-order valence-corrected chi connectivity index (χ4v) is 2.72. The molecule has 1 saturated heterocycles. The molecule has 1 aromatic rings. The molecule has 0 radical (unpaired) electrons. The average molecular weight is 252 g/mol. The van der Waals surface area contributed by atoms with Gasteiger partial charge in [0.1, 0.15) is 17.2 Å². The summed E-state index contributed by atoms with van der Waals surface area (Å²) in [6.07, 6.45) is 6.29. The second-order valence-electron chi connectivity index (χ2n) is 4.43. The zero-order valence-corrected chi connectivity index (χ0v) is 11.3. The summed E-state index contributed by atoms with van der Waals surface area (Å²) in [4.78, 5) is 11.0. The summed E-state index contributed by atoms with van der Waals surface area (Å²) in [5.74, 6) is 1.81. The molecule has 0 saturated carbocycles. The Labute approximate surface area is 107 Å². The fraction of sp³-hybridized carbons (Fsp3) is 0.667. The van der Waals surface area contributed by atoms with Crippen LogP contribution in [0.5, 0.6) is 0 Å².